The van der Waals surface area contributed by atoms with Gasteiger partial charge in [0.15, 0.2) is 0 Å². The second kappa shape index (κ2) is 11.0. The molecule has 2 aliphatic heterocycles. The van der Waals surface area contributed by atoms with Gasteiger partial charge >= 0.3 is 0 Å². The van der Waals surface area contributed by atoms with Crippen LogP contribution in [-0.2, 0) is 4.79 Å². The highest BCUT2D eigenvalue weighted by Crippen LogP contribution is 2.27. The van der Waals surface area contributed by atoms with E-state index in [0.717, 1.165) is 31.7 Å². The van der Waals surface area contributed by atoms with Crippen LogP contribution in [0.5, 0.6) is 11.5 Å². The number of hydrogen-bond acceptors (Lipinski definition) is 5. The third-order valence-corrected chi connectivity index (χ3v) is 7.06. The van der Waals surface area contributed by atoms with Crippen LogP contribution in [0.2, 0.25) is 5.02 Å². The highest BCUT2D eigenvalue weighted by atomic mass is 35.5. The van der Waals surface area contributed by atoms with Crippen molar-refractivity contribution in [2.24, 2.45) is 5.92 Å². The summed E-state index contributed by atoms with van der Waals surface area (Å²) in [5.41, 5.74) is 1.64. The first-order valence-electron chi connectivity index (χ1n) is 11.8. The van der Waals surface area contributed by atoms with E-state index in [1.165, 1.54) is 12.8 Å². The van der Waals surface area contributed by atoms with Crippen LogP contribution in [0.3, 0.4) is 0 Å². The van der Waals surface area contributed by atoms with Crippen LogP contribution in [0.1, 0.15) is 36.0 Å². The fraction of sp³-hybridized carbons (Fsp3) is 0.462. The Morgan fingerprint density at radius 3 is 2.21 bits per heavy atom. The van der Waals surface area contributed by atoms with E-state index in [1.807, 2.05) is 12.1 Å². The zero-order valence-electron chi connectivity index (χ0n) is 19.8. The van der Waals surface area contributed by atoms with Gasteiger partial charge in [-0.05, 0) is 68.1 Å². The molecule has 0 aromatic heterocycles. The minimum absolute atomic E-state index is 0.0649. The molecule has 0 atom stereocenters. The summed E-state index contributed by atoms with van der Waals surface area (Å²) in [4.78, 5) is 30.0. The van der Waals surface area contributed by atoms with Gasteiger partial charge in [-0.3, -0.25) is 9.59 Å². The number of halogens is 1. The summed E-state index contributed by atoms with van der Waals surface area (Å²) in [5, 5.41) is 3.75. The predicted octanol–water partition coefficient (Wildman–Crippen LogP) is 3.99. The first kappa shape index (κ1) is 24.2. The van der Waals surface area contributed by atoms with Gasteiger partial charge in [-0.1, -0.05) is 11.6 Å². The molecule has 7 nitrogen and oxygen atoms in total. The maximum atomic E-state index is 13.0. The molecule has 0 saturated carbocycles. The predicted molar refractivity (Wildman–Crippen MR) is 133 cm³/mol. The topological polar surface area (TPSA) is 71.1 Å². The molecule has 0 bridgehead atoms. The van der Waals surface area contributed by atoms with Gasteiger partial charge in [-0.2, -0.15) is 0 Å². The number of methoxy groups -OCH3 is 2. The van der Waals surface area contributed by atoms with Crippen LogP contribution in [-0.4, -0.2) is 63.2 Å². The second-order valence-corrected chi connectivity index (χ2v) is 9.32. The number of nitrogens with zero attached hydrogens (tertiary/aromatic N) is 2. The Balaban J connectivity index is 1.24. The first-order valence-corrected chi connectivity index (χ1v) is 12.2. The maximum Gasteiger partial charge on any atom is 0.257 e. The molecule has 2 saturated heterocycles. The molecule has 2 aromatic rings. The Kier molecular flexibility index (Phi) is 7.83. The molecule has 2 heterocycles. The van der Waals surface area contributed by atoms with E-state index >= 15 is 0 Å². The number of anilines is 1. The minimum Gasteiger partial charge on any atom is -0.497 e. The summed E-state index contributed by atoms with van der Waals surface area (Å²) in [5.74, 6) is 1.30. The SMILES string of the molecule is COc1ccc(N2CCC(NC(=O)C3CCN(C(=O)c4cc(Cl)ccc4OC)CC3)CC2)cc1. The van der Waals surface area contributed by atoms with Gasteiger partial charge in [-0.25, -0.2) is 0 Å². The monoisotopic (exact) mass is 485 g/mol. The molecule has 2 amide bonds. The highest BCUT2D eigenvalue weighted by Gasteiger charge is 2.30. The zero-order valence-corrected chi connectivity index (χ0v) is 20.5. The molecular formula is C26H32ClN3O4. The molecule has 34 heavy (non-hydrogen) atoms. The van der Waals surface area contributed by atoms with Gasteiger partial charge in [0.05, 0.1) is 19.8 Å². The molecule has 182 valence electrons. The molecule has 8 heteroatoms. The lowest BCUT2D eigenvalue weighted by Crippen LogP contribution is -2.48. The van der Waals surface area contributed by atoms with E-state index in [4.69, 9.17) is 21.1 Å². The normalized spacial score (nSPS) is 17.4. The van der Waals surface area contributed by atoms with E-state index in [1.54, 1.807) is 30.2 Å². The Hall–Kier alpha value is -2.93. The summed E-state index contributed by atoms with van der Waals surface area (Å²) in [6.45, 7) is 2.91. The van der Waals surface area contributed by atoms with Gasteiger partial charge in [-0.15, -0.1) is 0 Å². The van der Waals surface area contributed by atoms with Crippen molar-refractivity contribution in [2.45, 2.75) is 31.7 Å². The largest absolute Gasteiger partial charge is 0.497 e. The third kappa shape index (κ3) is 5.58. The van der Waals surface area contributed by atoms with Gasteiger partial charge < -0.3 is 24.6 Å². The van der Waals surface area contributed by atoms with Crippen LogP contribution in [0.25, 0.3) is 0 Å². The van der Waals surface area contributed by atoms with E-state index in [2.05, 4.69) is 22.3 Å². The van der Waals surface area contributed by atoms with Gasteiger partial charge in [0, 0.05) is 48.8 Å². The van der Waals surface area contributed by atoms with Crippen molar-refractivity contribution in [1.82, 2.24) is 10.2 Å². The molecule has 2 aromatic carbocycles. The number of carbonyl (C=O) groups is 2. The van der Waals surface area contributed by atoms with E-state index < -0.39 is 0 Å². The van der Waals surface area contributed by atoms with Gasteiger partial charge in [0.1, 0.15) is 11.5 Å². The van der Waals surface area contributed by atoms with E-state index in [-0.39, 0.29) is 23.8 Å². The van der Waals surface area contributed by atoms with Crippen molar-refractivity contribution >= 4 is 29.1 Å². The summed E-state index contributed by atoms with van der Waals surface area (Å²) in [6, 6.07) is 13.3. The Morgan fingerprint density at radius 2 is 1.59 bits per heavy atom. The molecule has 4 rings (SSSR count). The molecule has 0 aliphatic carbocycles. The second-order valence-electron chi connectivity index (χ2n) is 8.88. The van der Waals surface area contributed by atoms with Crippen LogP contribution in [0.15, 0.2) is 42.5 Å². The maximum absolute atomic E-state index is 13.0. The molecule has 2 fully saturated rings. The first-order chi connectivity index (χ1) is 16.5. The Labute approximate surface area is 206 Å². The number of likely N-dealkylation sites (tertiary alicyclic amines) is 1. The molecular weight excluding hydrogens is 454 g/mol. The Bertz CT molecular complexity index is 998. The van der Waals surface area contributed by atoms with Crippen LogP contribution >= 0.6 is 11.6 Å². The molecule has 0 radical (unpaired) electrons. The molecule has 1 N–H and O–H groups in total. The smallest absolute Gasteiger partial charge is 0.257 e. The van der Waals surface area contributed by atoms with Crippen LogP contribution in [0, 0.1) is 5.92 Å². The number of carbonyl (C=O) groups excluding carboxylic acids is 2. The fourth-order valence-corrected chi connectivity index (χ4v) is 4.93. The van der Waals surface area contributed by atoms with Crippen molar-refractivity contribution in [1.29, 1.82) is 0 Å². The summed E-state index contributed by atoms with van der Waals surface area (Å²) in [7, 11) is 3.21. The van der Waals surface area contributed by atoms with E-state index in [0.29, 0.717) is 42.3 Å². The molecule has 0 unspecified atom stereocenters. The van der Waals surface area contributed by atoms with Crippen molar-refractivity contribution in [3.05, 3.63) is 53.1 Å². The number of nitrogens with one attached hydrogen (secondary N) is 1. The van der Waals surface area contributed by atoms with Crippen molar-refractivity contribution in [2.75, 3.05) is 45.3 Å². The van der Waals surface area contributed by atoms with Gasteiger partial charge in [0.25, 0.3) is 5.91 Å². The fourth-order valence-electron chi connectivity index (χ4n) is 4.76. The highest BCUT2D eigenvalue weighted by molar-refractivity contribution is 6.31. The van der Waals surface area contributed by atoms with Crippen LogP contribution < -0.4 is 19.7 Å². The minimum atomic E-state index is -0.107. The molecule has 2 aliphatic rings. The van der Waals surface area contributed by atoms with Crippen molar-refractivity contribution in [3.8, 4) is 11.5 Å². The number of piperidine rings is 2. The lowest BCUT2D eigenvalue weighted by atomic mass is 9.94. The average Bonchev–Trinajstić information content (AvgIpc) is 2.89. The molecule has 0 spiro atoms. The summed E-state index contributed by atoms with van der Waals surface area (Å²) < 4.78 is 10.6. The standard InChI is InChI=1S/C26H32ClN3O4/c1-33-22-6-4-21(5-7-22)29-15-11-20(12-16-29)28-25(31)18-9-13-30(14-10-18)26(32)23-17-19(27)3-8-24(23)34-2/h3-8,17-18,20H,9-16H2,1-2H3,(H,28,31). The lowest BCUT2D eigenvalue weighted by Gasteiger charge is -2.36. The van der Waals surface area contributed by atoms with Gasteiger partial charge in [0.2, 0.25) is 5.91 Å². The lowest BCUT2D eigenvalue weighted by molar-refractivity contribution is -0.127. The van der Waals surface area contributed by atoms with Crippen molar-refractivity contribution < 1.29 is 19.1 Å². The number of amides is 2. The zero-order chi connectivity index (χ0) is 24.1. The number of rotatable bonds is 6. The summed E-state index contributed by atoms with van der Waals surface area (Å²) in [6.07, 6.45) is 3.16. The average molecular weight is 486 g/mol. The van der Waals surface area contributed by atoms with Crippen LogP contribution in [0.4, 0.5) is 5.69 Å². The van der Waals surface area contributed by atoms with E-state index in [9.17, 15) is 9.59 Å². The van der Waals surface area contributed by atoms with Crippen molar-refractivity contribution in [3.63, 3.8) is 0 Å². The summed E-state index contributed by atoms with van der Waals surface area (Å²) >= 11 is 6.08. The number of benzene rings is 2. The third-order valence-electron chi connectivity index (χ3n) is 6.82. The number of hydrogen-bond donors (Lipinski definition) is 1. The quantitative estimate of drug-likeness (QED) is 0.669. The number of ether oxygens (including phenoxy) is 2. The Morgan fingerprint density at radius 1 is 0.912 bits per heavy atom.